The van der Waals surface area contributed by atoms with Gasteiger partial charge in [0.05, 0.1) is 11.5 Å². The Kier molecular flexibility index (Phi) is 5.45. The second kappa shape index (κ2) is 7.13. The van der Waals surface area contributed by atoms with Crippen molar-refractivity contribution in [2.24, 2.45) is 0 Å². The van der Waals surface area contributed by atoms with Crippen LogP contribution in [-0.2, 0) is 21.1 Å². The molecule has 1 aromatic carbocycles. The fraction of sp³-hybridized carbons (Fsp3) is 0.562. The number of rotatable bonds is 6. The summed E-state index contributed by atoms with van der Waals surface area (Å²) in [7, 11) is -3.00. The minimum atomic E-state index is -3.00. The van der Waals surface area contributed by atoms with E-state index in [1.54, 1.807) is 4.90 Å². The van der Waals surface area contributed by atoms with E-state index in [2.05, 4.69) is 0 Å². The number of para-hydroxylation sites is 1. The van der Waals surface area contributed by atoms with Crippen LogP contribution < -0.4 is 4.74 Å². The third-order valence-electron chi connectivity index (χ3n) is 4.01. The molecule has 0 spiro atoms. The van der Waals surface area contributed by atoms with Crippen molar-refractivity contribution in [2.45, 2.75) is 32.7 Å². The molecule has 122 valence electrons. The van der Waals surface area contributed by atoms with Crippen molar-refractivity contribution in [1.29, 1.82) is 0 Å². The lowest BCUT2D eigenvalue weighted by molar-refractivity contribution is -0.135. The average Bonchev–Trinajstić information content (AvgIpc) is 2.86. The van der Waals surface area contributed by atoms with Crippen LogP contribution in [0.4, 0.5) is 0 Å². The summed E-state index contributed by atoms with van der Waals surface area (Å²) in [5.41, 5.74) is 1.06. The monoisotopic (exact) mass is 325 g/mol. The zero-order valence-electron chi connectivity index (χ0n) is 13.1. The summed E-state index contributed by atoms with van der Waals surface area (Å²) in [5, 5.41) is 0. The Morgan fingerprint density at radius 1 is 1.32 bits per heavy atom. The maximum absolute atomic E-state index is 12.4. The van der Waals surface area contributed by atoms with Crippen LogP contribution in [0.5, 0.6) is 5.75 Å². The molecule has 0 saturated carbocycles. The van der Waals surface area contributed by atoms with Gasteiger partial charge in [-0.15, -0.1) is 0 Å². The Labute approximate surface area is 132 Å². The quantitative estimate of drug-likeness (QED) is 0.798. The highest BCUT2D eigenvalue weighted by molar-refractivity contribution is 7.91. The average molecular weight is 325 g/mol. The molecule has 2 rings (SSSR count). The third-order valence-corrected chi connectivity index (χ3v) is 5.77. The van der Waals surface area contributed by atoms with E-state index >= 15 is 0 Å². The van der Waals surface area contributed by atoms with Crippen LogP contribution in [0.3, 0.4) is 0 Å². The van der Waals surface area contributed by atoms with E-state index in [1.165, 1.54) is 0 Å². The van der Waals surface area contributed by atoms with Crippen molar-refractivity contribution in [1.82, 2.24) is 4.90 Å². The lowest BCUT2D eigenvalue weighted by atomic mass is 10.1. The van der Waals surface area contributed by atoms with Crippen molar-refractivity contribution >= 4 is 15.7 Å². The molecule has 1 amide bonds. The second-order valence-corrected chi connectivity index (χ2v) is 7.72. The lowest BCUT2D eigenvalue weighted by Crippen LogP contribution is -2.43. The maximum Gasteiger partial charge on any atom is 0.260 e. The topological polar surface area (TPSA) is 63.7 Å². The first-order valence-electron chi connectivity index (χ1n) is 7.67. The van der Waals surface area contributed by atoms with E-state index in [0.29, 0.717) is 18.7 Å². The molecule has 0 aromatic heterocycles. The molecular formula is C16H23NO4S. The smallest absolute Gasteiger partial charge is 0.260 e. The van der Waals surface area contributed by atoms with Gasteiger partial charge in [0, 0.05) is 12.6 Å². The van der Waals surface area contributed by atoms with Crippen molar-refractivity contribution < 1.29 is 17.9 Å². The Morgan fingerprint density at radius 2 is 2.05 bits per heavy atom. The van der Waals surface area contributed by atoms with E-state index in [1.807, 2.05) is 38.1 Å². The van der Waals surface area contributed by atoms with Crippen LogP contribution in [0, 0.1) is 0 Å². The Balaban J connectivity index is 1.98. The van der Waals surface area contributed by atoms with Gasteiger partial charge >= 0.3 is 0 Å². The van der Waals surface area contributed by atoms with E-state index < -0.39 is 9.84 Å². The van der Waals surface area contributed by atoms with Crippen molar-refractivity contribution in [3.8, 4) is 5.75 Å². The molecule has 0 bridgehead atoms. The summed E-state index contributed by atoms with van der Waals surface area (Å²) < 4.78 is 28.8. The molecule has 1 saturated heterocycles. The van der Waals surface area contributed by atoms with Crippen LogP contribution in [0.15, 0.2) is 24.3 Å². The van der Waals surface area contributed by atoms with Crippen LogP contribution in [0.1, 0.15) is 25.8 Å². The minimum Gasteiger partial charge on any atom is -0.483 e. The zero-order chi connectivity index (χ0) is 16.2. The number of hydrogen-bond donors (Lipinski definition) is 0. The van der Waals surface area contributed by atoms with Gasteiger partial charge in [-0.2, -0.15) is 0 Å². The summed E-state index contributed by atoms with van der Waals surface area (Å²) in [6.45, 7) is 4.34. The van der Waals surface area contributed by atoms with Gasteiger partial charge < -0.3 is 9.64 Å². The van der Waals surface area contributed by atoms with Crippen molar-refractivity contribution in [2.75, 3.05) is 24.7 Å². The third kappa shape index (κ3) is 4.00. The fourth-order valence-corrected chi connectivity index (χ4v) is 4.55. The molecule has 1 atom stereocenters. The molecule has 0 aliphatic carbocycles. The fourth-order valence-electron chi connectivity index (χ4n) is 2.82. The number of carbonyl (C=O) groups is 1. The predicted molar refractivity (Wildman–Crippen MR) is 85.8 cm³/mol. The first-order chi connectivity index (χ1) is 10.5. The molecular weight excluding hydrogens is 302 g/mol. The number of amides is 1. The molecule has 1 aromatic rings. The number of benzene rings is 1. The summed E-state index contributed by atoms with van der Waals surface area (Å²) in [4.78, 5) is 14.0. The summed E-state index contributed by atoms with van der Waals surface area (Å²) >= 11 is 0. The number of nitrogens with zero attached hydrogens (tertiary/aromatic N) is 1. The van der Waals surface area contributed by atoms with Gasteiger partial charge in [-0.05, 0) is 31.4 Å². The molecule has 1 fully saturated rings. The van der Waals surface area contributed by atoms with E-state index in [4.69, 9.17) is 4.74 Å². The van der Waals surface area contributed by atoms with Crippen LogP contribution in [0.2, 0.25) is 0 Å². The standard InChI is InChI=1S/C16H23NO4S/c1-3-13-7-5-6-8-15(13)21-11-16(18)17(4-2)14-9-10-22(19,20)12-14/h5-8,14H,3-4,9-12H2,1-2H3. The highest BCUT2D eigenvalue weighted by atomic mass is 32.2. The SMILES string of the molecule is CCc1ccccc1OCC(=O)N(CC)C1CCS(=O)(=O)C1. The number of hydrogen-bond acceptors (Lipinski definition) is 4. The summed E-state index contributed by atoms with van der Waals surface area (Å²) in [5.74, 6) is 0.794. The maximum atomic E-state index is 12.4. The number of ether oxygens (including phenoxy) is 1. The van der Waals surface area contributed by atoms with E-state index in [0.717, 1.165) is 12.0 Å². The number of likely N-dealkylation sites (N-methyl/N-ethyl adjacent to an activating group) is 1. The van der Waals surface area contributed by atoms with Gasteiger partial charge in [-0.25, -0.2) is 8.42 Å². The van der Waals surface area contributed by atoms with Crippen molar-refractivity contribution in [3.63, 3.8) is 0 Å². The number of sulfone groups is 1. The minimum absolute atomic E-state index is 0.0542. The first-order valence-corrected chi connectivity index (χ1v) is 9.49. The van der Waals surface area contributed by atoms with Crippen LogP contribution in [0.25, 0.3) is 0 Å². The van der Waals surface area contributed by atoms with E-state index in [9.17, 15) is 13.2 Å². The van der Waals surface area contributed by atoms with Crippen LogP contribution >= 0.6 is 0 Å². The van der Waals surface area contributed by atoms with Gasteiger partial charge in [-0.3, -0.25) is 4.79 Å². The normalized spacial score (nSPS) is 19.8. The highest BCUT2D eigenvalue weighted by Crippen LogP contribution is 2.20. The van der Waals surface area contributed by atoms with Crippen molar-refractivity contribution in [3.05, 3.63) is 29.8 Å². The first kappa shape index (κ1) is 16.8. The molecule has 0 radical (unpaired) electrons. The van der Waals surface area contributed by atoms with Gasteiger partial charge in [-0.1, -0.05) is 25.1 Å². The van der Waals surface area contributed by atoms with Gasteiger partial charge in [0.15, 0.2) is 16.4 Å². The molecule has 22 heavy (non-hydrogen) atoms. The van der Waals surface area contributed by atoms with Gasteiger partial charge in [0.1, 0.15) is 5.75 Å². The molecule has 6 heteroatoms. The largest absolute Gasteiger partial charge is 0.483 e. The molecule has 1 unspecified atom stereocenters. The lowest BCUT2D eigenvalue weighted by Gasteiger charge is -2.27. The summed E-state index contributed by atoms with van der Waals surface area (Å²) in [6, 6.07) is 7.42. The molecule has 5 nitrogen and oxygen atoms in total. The van der Waals surface area contributed by atoms with Crippen LogP contribution in [-0.4, -0.2) is 49.9 Å². The molecule has 1 aliphatic heterocycles. The Morgan fingerprint density at radius 3 is 2.64 bits per heavy atom. The predicted octanol–water partition coefficient (Wildman–Crippen LogP) is 1.66. The number of aryl methyl sites for hydroxylation is 1. The second-order valence-electron chi connectivity index (χ2n) is 5.49. The number of carbonyl (C=O) groups excluding carboxylic acids is 1. The Hall–Kier alpha value is -1.56. The molecule has 1 heterocycles. The summed E-state index contributed by atoms with van der Waals surface area (Å²) in [6.07, 6.45) is 1.36. The highest BCUT2D eigenvalue weighted by Gasteiger charge is 2.33. The Bertz CT molecular complexity index is 627. The van der Waals surface area contributed by atoms with E-state index in [-0.39, 0.29) is 30.1 Å². The zero-order valence-corrected chi connectivity index (χ0v) is 13.9. The van der Waals surface area contributed by atoms with Gasteiger partial charge in [0.25, 0.3) is 5.91 Å². The molecule has 0 N–H and O–H groups in total. The molecule has 1 aliphatic rings. The van der Waals surface area contributed by atoms with Gasteiger partial charge in [0.2, 0.25) is 0 Å².